The lowest BCUT2D eigenvalue weighted by Crippen LogP contribution is -2.03. The van der Waals surface area contributed by atoms with Gasteiger partial charge in [-0.25, -0.2) is 4.79 Å². The molecule has 0 atom stereocenters. The Labute approximate surface area is 70.7 Å². The molecule has 1 fully saturated rings. The van der Waals surface area contributed by atoms with Crippen molar-refractivity contribution >= 4 is 30.7 Å². The Kier molecular flexibility index (Phi) is 3.31. The summed E-state index contributed by atoms with van der Waals surface area (Å²) in [5.74, 6) is -0.109. The molecule has 2 nitrogen and oxygen atoms in total. The van der Waals surface area contributed by atoms with Crippen LogP contribution in [-0.2, 0) is 9.53 Å². The zero-order chi connectivity index (χ0) is 7.40. The molecule has 10 heavy (non-hydrogen) atoms. The lowest BCUT2D eigenvalue weighted by molar-refractivity contribution is -0.134. The summed E-state index contributed by atoms with van der Waals surface area (Å²) in [6.45, 7) is 2.34. The topological polar surface area (TPSA) is 26.3 Å². The average molecular weight is 254 g/mol. The van der Waals surface area contributed by atoms with Crippen molar-refractivity contribution in [1.82, 2.24) is 0 Å². The van der Waals surface area contributed by atoms with Crippen molar-refractivity contribution in [1.29, 1.82) is 0 Å². The molecular weight excluding hydrogens is 243 g/mol. The first-order valence-corrected chi connectivity index (χ1v) is 5.94. The third kappa shape index (κ3) is 3.29. The van der Waals surface area contributed by atoms with Gasteiger partial charge in [-0.1, -0.05) is 0 Å². The molecule has 0 aromatic rings. The van der Waals surface area contributed by atoms with Crippen LogP contribution in [0.15, 0.2) is 0 Å². The Bertz CT molecular complexity index is 150. The molecule has 0 spiro atoms. The molecule has 3 heteroatoms. The van der Waals surface area contributed by atoms with Gasteiger partial charge in [0.25, 0.3) is 0 Å². The van der Waals surface area contributed by atoms with E-state index in [9.17, 15) is 4.79 Å². The molecule has 1 aliphatic carbocycles. The largest absolute Gasteiger partial charge is 0.463 e. The van der Waals surface area contributed by atoms with E-state index in [4.69, 9.17) is 4.74 Å². The van der Waals surface area contributed by atoms with E-state index in [1.165, 1.54) is 12.8 Å². The number of alkyl halides is 1. The average Bonchev–Trinajstić information content (AvgIpc) is 2.67. The van der Waals surface area contributed by atoms with Crippen LogP contribution in [0.3, 0.4) is 0 Å². The lowest BCUT2D eigenvalue weighted by atomic mass is 10.8. The Balaban J connectivity index is 2.15. The van der Waals surface area contributed by atoms with Crippen LogP contribution in [-0.4, -0.2) is 20.5 Å². The maximum absolute atomic E-state index is 10.7. The SMILES string of the molecule is CCOC(=O)C=IC1CC1. The second-order valence-electron chi connectivity index (χ2n) is 2.16. The van der Waals surface area contributed by atoms with Crippen LogP contribution >= 0.6 is 20.7 Å². The van der Waals surface area contributed by atoms with Crippen molar-refractivity contribution in [3.63, 3.8) is 0 Å². The maximum atomic E-state index is 10.7. The number of rotatable bonds is 3. The summed E-state index contributed by atoms with van der Waals surface area (Å²) < 4.78 is 7.41. The molecule has 0 aromatic heterocycles. The molecule has 0 aliphatic heterocycles. The quantitative estimate of drug-likeness (QED) is 0.433. The third-order valence-corrected chi connectivity index (χ3v) is 4.25. The standard InChI is InChI=1S/C7H11IO2/c1-2-10-7(9)5-8-6-3-4-6/h5-6H,2-4H2,1H3. The van der Waals surface area contributed by atoms with E-state index in [1.54, 1.807) is 4.01 Å². The summed E-state index contributed by atoms with van der Waals surface area (Å²) in [5, 5.41) is 0. The molecule has 0 saturated heterocycles. The predicted molar refractivity (Wildman–Crippen MR) is 49.7 cm³/mol. The number of hydrogen-bond donors (Lipinski definition) is 0. The van der Waals surface area contributed by atoms with Gasteiger partial charge in [-0.3, -0.25) is 0 Å². The molecule has 0 N–H and O–H groups in total. The Morgan fingerprint density at radius 2 is 2.50 bits per heavy atom. The molecule has 0 aromatic carbocycles. The first kappa shape index (κ1) is 8.17. The van der Waals surface area contributed by atoms with Crippen LogP contribution < -0.4 is 0 Å². The Hall–Kier alpha value is 0.0700. The second kappa shape index (κ2) is 4.05. The molecule has 0 heterocycles. The summed E-state index contributed by atoms with van der Waals surface area (Å²) in [5.41, 5.74) is 0. The number of hydrogen-bond acceptors (Lipinski definition) is 2. The van der Waals surface area contributed by atoms with E-state index >= 15 is 0 Å². The lowest BCUT2D eigenvalue weighted by Gasteiger charge is -1.92. The highest BCUT2D eigenvalue weighted by atomic mass is 127. The number of esters is 1. The van der Waals surface area contributed by atoms with Gasteiger partial charge in [-0.05, 0) is 19.8 Å². The fraction of sp³-hybridized carbons (Fsp3) is 0.714. The Morgan fingerprint density at radius 1 is 1.80 bits per heavy atom. The van der Waals surface area contributed by atoms with Gasteiger partial charge in [0.2, 0.25) is 0 Å². The van der Waals surface area contributed by atoms with Crippen LogP contribution in [0.2, 0.25) is 0 Å². The highest BCUT2D eigenvalue weighted by Crippen LogP contribution is 2.33. The van der Waals surface area contributed by atoms with Crippen molar-refractivity contribution in [3.05, 3.63) is 0 Å². The molecule has 1 saturated carbocycles. The molecule has 1 aliphatic rings. The monoisotopic (exact) mass is 254 g/mol. The van der Waals surface area contributed by atoms with Crippen molar-refractivity contribution in [2.75, 3.05) is 6.61 Å². The van der Waals surface area contributed by atoms with Gasteiger partial charge in [0, 0.05) is 3.92 Å². The van der Waals surface area contributed by atoms with Gasteiger partial charge in [0.15, 0.2) is 0 Å². The summed E-state index contributed by atoms with van der Waals surface area (Å²) in [4.78, 5) is 10.7. The number of carbonyl (C=O) groups excluding carboxylic acids is 1. The maximum Gasteiger partial charge on any atom is 0.336 e. The first-order chi connectivity index (χ1) is 4.83. The fourth-order valence-electron chi connectivity index (χ4n) is 0.503. The highest BCUT2D eigenvalue weighted by Gasteiger charge is 2.18. The molecule has 1 rings (SSSR count). The summed E-state index contributed by atoms with van der Waals surface area (Å²) >= 11 is 0.0240. The first-order valence-electron chi connectivity index (χ1n) is 3.45. The van der Waals surface area contributed by atoms with Crippen molar-refractivity contribution < 1.29 is 9.53 Å². The fourth-order valence-corrected chi connectivity index (χ4v) is 2.56. The molecule has 0 amide bonds. The Morgan fingerprint density at radius 3 is 3.00 bits per heavy atom. The van der Waals surface area contributed by atoms with E-state index in [0.29, 0.717) is 6.61 Å². The van der Waals surface area contributed by atoms with Gasteiger partial charge < -0.3 is 4.74 Å². The second-order valence-corrected chi connectivity index (χ2v) is 5.27. The third-order valence-electron chi connectivity index (χ3n) is 1.12. The highest BCUT2D eigenvalue weighted by molar-refractivity contribution is 14.2. The van der Waals surface area contributed by atoms with Crippen LogP contribution in [0.5, 0.6) is 0 Å². The van der Waals surface area contributed by atoms with E-state index in [2.05, 4.69) is 0 Å². The minimum Gasteiger partial charge on any atom is -0.463 e. The number of halogens is 1. The van der Waals surface area contributed by atoms with Crippen LogP contribution in [0, 0.1) is 0 Å². The summed E-state index contributed by atoms with van der Waals surface area (Å²) in [6, 6.07) is 0. The van der Waals surface area contributed by atoms with Crippen molar-refractivity contribution in [3.8, 4) is 0 Å². The van der Waals surface area contributed by atoms with E-state index in [-0.39, 0.29) is 26.7 Å². The van der Waals surface area contributed by atoms with Crippen molar-refractivity contribution in [2.24, 2.45) is 0 Å². The number of ether oxygens (including phenoxy) is 1. The summed E-state index contributed by atoms with van der Waals surface area (Å²) in [7, 11) is 0. The van der Waals surface area contributed by atoms with Gasteiger partial charge >= 0.3 is 5.97 Å². The zero-order valence-electron chi connectivity index (χ0n) is 5.97. The predicted octanol–water partition coefficient (Wildman–Crippen LogP) is 1.48. The van der Waals surface area contributed by atoms with Crippen LogP contribution in [0.4, 0.5) is 0 Å². The smallest absolute Gasteiger partial charge is 0.336 e. The van der Waals surface area contributed by atoms with E-state index in [1.807, 2.05) is 6.92 Å². The minimum absolute atomic E-state index is 0.0240. The van der Waals surface area contributed by atoms with Gasteiger partial charge in [0.05, 0.1) is 10.6 Å². The molecule has 0 bridgehead atoms. The van der Waals surface area contributed by atoms with Gasteiger partial charge in [-0.15, -0.1) is 20.7 Å². The summed E-state index contributed by atoms with van der Waals surface area (Å²) in [6.07, 6.45) is 2.67. The molecule has 0 radical (unpaired) electrons. The minimum atomic E-state index is -0.109. The van der Waals surface area contributed by atoms with Crippen LogP contribution in [0.1, 0.15) is 19.8 Å². The van der Waals surface area contributed by atoms with Crippen molar-refractivity contribution in [2.45, 2.75) is 23.7 Å². The molecule has 58 valence electrons. The number of carbonyl (C=O) groups is 1. The molecule has 0 unspecified atom stereocenters. The molecular formula is C7H11IO2. The van der Waals surface area contributed by atoms with Gasteiger partial charge in [-0.2, -0.15) is 0 Å². The van der Waals surface area contributed by atoms with Gasteiger partial charge in [0.1, 0.15) is 0 Å². The normalized spacial score (nSPS) is 18.5. The van der Waals surface area contributed by atoms with Crippen LogP contribution in [0.25, 0.3) is 0 Å². The van der Waals surface area contributed by atoms with E-state index < -0.39 is 0 Å². The van der Waals surface area contributed by atoms with E-state index in [0.717, 1.165) is 3.92 Å². The zero-order valence-corrected chi connectivity index (χ0v) is 8.13.